The Balaban J connectivity index is 1.79. The van der Waals surface area contributed by atoms with Gasteiger partial charge in [0, 0.05) is 25.6 Å². The Morgan fingerprint density at radius 2 is 1.83 bits per heavy atom. The van der Waals surface area contributed by atoms with Crippen LogP contribution in [-0.2, 0) is 16.0 Å². The Morgan fingerprint density at radius 1 is 1.17 bits per heavy atom. The standard InChI is InChI=1S/C19H28N2O3/c1-3-11-20-19(23)16-9-12-21(13-10-16)18(22)14-15-5-7-17(8-6-15)24-4-2/h5-8,16H,3-4,9-14H2,1-2H3,(H,20,23). The molecule has 5 nitrogen and oxygen atoms in total. The second-order valence-electron chi connectivity index (χ2n) is 6.20. The molecule has 1 fully saturated rings. The molecule has 0 spiro atoms. The fraction of sp³-hybridized carbons (Fsp3) is 0.579. The van der Waals surface area contributed by atoms with Gasteiger partial charge in [0.1, 0.15) is 5.75 Å². The van der Waals surface area contributed by atoms with Crippen molar-refractivity contribution in [3.05, 3.63) is 29.8 Å². The van der Waals surface area contributed by atoms with Crippen LogP contribution in [0, 0.1) is 5.92 Å². The van der Waals surface area contributed by atoms with Crippen molar-refractivity contribution in [2.45, 2.75) is 39.5 Å². The van der Waals surface area contributed by atoms with Crippen molar-refractivity contribution >= 4 is 11.8 Å². The maximum Gasteiger partial charge on any atom is 0.226 e. The van der Waals surface area contributed by atoms with Gasteiger partial charge in [-0.2, -0.15) is 0 Å². The Bertz CT molecular complexity index is 534. The summed E-state index contributed by atoms with van der Waals surface area (Å²) in [6.45, 7) is 6.70. The molecular weight excluding hydrogens is 304 g/mol. The van der Waals surface area contributed by atoms with Crippen molar-refractivity contribution < 1.29 is 14.3 Å². The number of likely N-dealkylation sites (tertiary alicyclic amines) is 1. The molecular formula is C19H28N2O3. The van der Waals surface area contributed by atoms with Gasteiger partial charge >= 0.3 is 0 Å². The zero-order chi connectivity index (χ0) is 17.4. The van der Waals surface area contributed by atoms with Crippen molar-refractivity contribution in [3.8, 4) is 5.75 Å². The lowest BCUT2D eigenvalue weighted by molar-refractivity contribution is -0.135. The van der Waals surface area contributed by atoms with Crippen LogP contribution in [0.5, 0.6) is 5.75 Å². The Hall–Kier alpha value is -2.04. The summed E-state index contributed by atoms with van der Waals surface area (Å²) in [4.78, 5) is 26.3. The molecule has 2 rings (SSSR count). The molecule has 0 aliphatic carbocycles. The number of nitrogens with zero attached hydrogens (tertiary/aromatic N) is 1. The minimum Gasteiger partial charge on any atom is -0.494 e. The maximum atomic E-state index is 12.4. The first-order valence-electron chi connectivity index (χ1n) is 8.91. The van der Waals surface area contributed by atoms with E-state index in [9.17, 15) is 9.59 Å². The molecule has 24 heavy (non-hydrogen) atoms. The van der Waals surface area contributed by atoms with Crippen LogP contribution in [0.4, 0.5) is 0 Å². The van der Waals surface area contributed by atoms with E-state index in [1.54, 1.807) is 0 Å². The Kier molecular flexibility index (Phi) is 7.09. The van der Waals surface area contributed by atoms with Gasteiger partial charge in [-0.1, -0.05) is 19.1 Å². The van der Waals surface area contributed by atoms with E-state index < -0.39 is 0 Å². The largest absolute Gasteiger partial charge is 0.494 e. The Labute approximate surface area is 144 Å². The van der Waals surface area contributed by atoms with Crippen molar-refractivity contribution in [2.75, 3.05) is 26.2 Å². The Morgan fingerprint density at radius 3 is 2.42 bits per heavy atom. The summed E-state index contributed by atoms with van der Waals surface area (Å²) in [7, 11) is 0. The molecule has 1 N–H and O–H groups in total. The highest BCUT2D eigenvalue weighted by molar-refractivity contribution is 5.81. The third-order valence-electron chi connectivity index (χ3n) is 4.36. The van der Waals surface area contributed by atoms with Crippen LogP contribution >= 0.6 is 0 Å². The first-order valence-corrected chi connectivity index (χ1v) is 8.91. The van der Waals surface area contributed by atoms with Crippen LogP contribution in [0.15, 0.2) is 24.3 Å². The van der Waals surface area contributed by atoms with Gasteiger partial charge in [0.05, 0.1) is 13.0 Å². The molecule has 0 aromatic heterocycles. The predicted octanol–water partition coefficient (Wildman–Crippen LogP) is 2.39. The molecule has 1 aliphatic heterocycles. The highest BCUT2D eigenvalue weighted by atomic mass is 16.5. The smallest absolute Gasteiger partial charge is 0.226 e. The van der Waals surface area contributed by atoms with Gasteiger partial charge in [0.25, 0.3) is 0 Å². The summed E-state index contributed by atoms with van der Waals surface area (Å²) in [6, 6.07) is 7.68. The number of carbonyl (C=O) groups excluding carboxylic acids is 2. The maximum absolute atomic E-state index is 12.4. The van der Waals surface area contributed by atoms with Crippen LogP contribution in [0.1, 0.15) is 38.7 Å². The summed E-state index contributed by atoms with van der Waals surface area (Å²) in [5.74, 6) is 1.14. The minimum absolute atomic E-state index is 0.0473. The lowest BCUT2D eigenvalue weighted by atomic mass is 9.95. The predicted molar refractivity (Wildman–Crippen MR) is 93.9 cm³/mol. The van der Waals surface area contributed by atoms with E-state index in [0.29, 0.717) is 26.1 Å². The number of hydrogen-bond donors (Lipinski definition) is 1. The van der Waals surface area contributed by atoms with E-state index in [1.165, 1.54) is 0 Å². The number of piperidine rings is 1. The molecule has 1 heterocycles. The molecule has 1 aromatic carbocycles. The first kappa shape index (κ1) is 18.3. The van der Waals surface area contributed by atoms with Crippen molar-refractivity contribution in [3.63, 3.8) is 0 Å². The molecule has 0 bridgehead atoms. The topological polar surface area (TPSA) is 58.6 Å². The van der Waals surface area contributed by atoms with Gasteiger partial charge < -0.3 is 15.0 Å². The van der Waals surface area contributed by atoms with Crippen LogP contribution in [-0.4, -0.2) is 43.0 Å². The molecule has 1 aromatic rings. The van der Waals surface area contributed by atoms with E-state index in [0.717, 1.165) is 37.1 Å². The van der Waals surface area contributed by atoms with Gasteiger partial charge in [0.15, 0.2) is 0 Å². The van der Waals surface area contributed by atoms with Crippen molar-refractivity contribution in [1.29, 1.82) is 0 Å². The summed E-state index contributed by atoms with van der Waals surface area (Å²) in [6.07, 6.45) is 2.86. The van der Waals surface area contributed by atoms with E-state index in [4.69, 9.17) is 4.74 Å². The fourth-order valence-corrected chi connectivity index (χ4v) is 2.94. The van der Waals surface area contributed by atoms with Crippen LogP contribution in [0.25, 0.3) is 0 Å². The van der Waals surface area contributed by atoms with E-state index in [1.807, 2.05) is 43.0 Å². The average molecular weight is 332 g/mol. The van der Waals surface area contributed by atoms with Crippen LogP contribution < -0.4 is 10.1 Å². The molecule has 0 saturated carbocycles. The molecule has 1 aliphatic rings. The van der Waals surface area contributed by atoms with Gasteiger partial charge in [-0.3, -0.25) is 9.59 Å². The molecule has 2 amide bonds. The fourth-order valence-electron chi connectivity index (χ4n) is 2.94. The van der Waals surface area contributed by atoms with E-state index in [-0.39, 0.29) is 17.7 Å². The van der Waals surface area contributed by atoms with Crippen LogP contribution in [0.2, 0.25) is 0 Å². The van der Waals surface area contributed by atoms with Gasteiger partial charge in [-0.15, -0.1) is 0 Å². The first-order chi connectivity index (χ1) is 11.6. The molecule has 0 atom stereocenters. The van der Waals surface area contributed by atoms with Gasteiger partial charge in [0.2, 0.25) is 11.8 Å². The zero-order valence-corrected chi connectivity index (χ0v) is 14.7. The van der Waals surface area contributed by atoms with Crippen molar-refractivity contribution in [1.82, 2.24) is 10.2 Å². The number of ether oxygens (including phenoxy) is 1. The second kappa shape index (κ2) is 9.30. The number of rotatable bonds is 7. The number of hydrogen-bond acceptors (Lipinski definition) is 3. The summed E-state index contributed by atoms with van der Waals surface area (Å²) in [5, 5.41) is 2.95. The number of carbonyl (C=O) groups is 2. The normalized spacial score (nSPS) is 15.2. The van der Waals surface area contributed by atoms with Crippen molar-refractivity contribution in [2.24, 2.45) is 5.92 Å². The van der Waals surface area contributed by atoms with Crippen LogP contribution in [0.3, 0.4) is 0 Å². The number of amides is 2. The molecule has 1 saturated heterocycles. The third kappa shape index (κ3) is 5.25. The van der Waals surface area contributed by atoms with Gasteiger partial charge in [-0.05, 0) is 43.9 Å². The van der Waals surface area contributed by atoms with E-state index >= 15 is 0 Å². The minimum atomic E-state index is 0.0473. The highest BCUT2D eigenvalue weighted by Crippen LogP contribution is 2.19. The monoisotopic (exact) mass is 332 g/mol. The van der Waals surface area contributed by atoms with E-state index in [2.05, 4.69) is 5.32 Å². The second-order valence-corrected chi connectivity index (χ2v) is 6.20. The van der Waals surface area contributed by atoms with Gasteiger partial charge in [-0.25, -0.2) is 0 Å². The summed E-state index contributed by atoms with van der Waals surface area (Å²) in [5.41, 5.74) is 0.992. The third-order valence-corrected chi connectivity index (χ3v) is 4.36. The quantitative estimate of drug-likeness (QED) is 0.834. The molecule has 0 radical (unpaired) electrons. The lowest BCUT2D eigenvalue weighted by Gasteiger charge is -2.31. The average Bonchev–Trinajstić information content (AvgIpc) is 2.61. The zero-order valence-electron chi connectivity index (χ0n) is 14.7. The summed E-state index contributed by atoms with van der Waals surface area (Å²) >= 11 is 0. The number of nitrogens with one attached hydrogen (secondary N) is 1. The SMILES string of the molecule is CCCNC(=O)C1CCN(C(=O)Cc2ccc(OCC)cc2)CC1. The molecule has 132 valence electrons. The summed E-state index contributed by atoms with van der Waals surface area (Å²) < 4.78 is 5.41. The lowest BCUT2D eigenvalue weighted by Crippen LogP contribution is -2.43. The molecule has 5 heteroatoms. The number of benzene rings is 1. The highest BCUT2D eigenvalue weighted by Gasteiger charge is 2.26. The molecule has 0 unspecified atom stereocenters.